The van der Waals surface area contributed by atoms with E-state index in [9.17, 15) is 0 Å². The summed E-state index contributed by atoms with van der Waals surface area (Å²) in [5, 5.41) is 19.2. The molecule has 2 N–H and O–H groups in total. The van der Waals surface area contributed by atoms with Crippen LogP contribution in [0.2, 0.25) is 0 Å². The Labute approximate surface area is 255 Å². The van der Waals surface area contributed by atoms with Crippen LogP contribution in [0.15, 0.2) is 144 Å². The van der Waals surface area contributed by atoms with E-state index in [2.05, 4.69) is 31.3 Å². The van der Waals surface area contributed by atoms with E-state index in [4.69, 9.17) is 9.47 Å². The molecule has 0 radical (unpaired) electrons. The van der Waals surface area contributed by atoms with Gasteiger partial charge in [-0.3, -0.25) is 10.9 Å². The number of aromatic nitrogens is 2. The molecular weight excluding hydrogens is 548 g/mol. The maximum atomic E-state index is 5.93. The van der Waals surface area contributed by atoms with E-state index in [1.807, 2.05) is 133 Å². The van der Waals surface area contributed by atoms with Gasteiger partial charge in [0.25, 0.3) is 0 Å². The second-order valence-corrected chi connectivity index (χ2v) is 9.88. The molecule has 0 aliphatic carbocycles. The number of hydrazone groups is 2. The molecule has 0 atom stereocenters. The normalized spacial score (nSPS) is 11.2. The molecule has 216 valence electrons. The number of hydrogen-bond donors (Lipinski definition) is 2. The van der Waals surface area contributed by atoms with Gasteiger partial charge in [-0.25, -0.2) is 0 Å². The molecule has 1 aromatic heterocycles. The van der Waals surface area contributed by atoms with Gasteiger partial charge in [0.05, 0.1) is 12.4 Å². The first-order chi connectivity index (χ1) is 21.8. The van der Waals surface area contributed by atoms with Gasteiger partial charge in [-0.2, -0.15) is 10.2 Å². The van der Waals surface area contributed by atoms with Crippen molar-refractivity contribution in [2.24, 2.45) is 10.2 Å². The molecule has 1 heterocycles. The number of benzene rings is 5. The quantitative estimate of drug-likeness (QED) is 0.114. The van der Waals surface area contributed by atoms with Gasteiger partial charge in [0, 0.05) is 10.8 Å². The fourth-order valence-corrected chi connectivity index (χ4v) is 4.46. The van der Waals surface area contributed by atoms with Crippen LogP contribution in [0.1, 0.15) is 22.3 Å². The molecule has 44 heavy (non-hydrogen) atoms. The van der Waals surface area contributed by atoms with Crippen LogP contribution in [0.4, 0.5) is 11.6 Å². The van der Waals surface area contributed by atoms with Crippen molar-refractivity contribution in [2.45, 2.75) is 13.2 Å². The largest absolute Gasteiger partial charge is 0.489 e. The molecular formula is C36H30N6O2. The predicted octanol–water partition coefficient (Wildman–Crippen LogP) is 7.68. The van der Waals surface area contributed by atoms with E-state index in [0.717, 1.165) is 44.5 Å². The molecule has 0 spiro atoms. The summed E-state index contributed by atoms with van der Waals surface area (Å²) in [6.45, 7) is 1.00. The minimum atomic E-state index is 0.501. The zero-order valence-corrected chi connectivity index (χ0v) is 23.9. The van der Waals surface area contributed by atoms with Crippen molar-refractivity contribution in [3.05, 3.63) is 156 Å². The lowest BCUT2D eigenvalue weighted by molar-refractivity contribution is 0.306. The summed E-state index contributed by atoms with van der Waals surface area (Å²) in [6, 6.07) is 43.5. The molecule has 0 fully saturated rings. The monoisotopic (exact) mass is 578 g/mol. The number of nitrogens with zero attached hydrogens (tertiary/aromatic N) is 4. The second-order valence-electron chi connectivity index (χ2n) is 9.88. The summed E-state index contributed by atoms with van der Waals surface area (Å²) in [4.78, 5) is 0. The third-order valence-electron chi connectivity index (χ3n) is 6.67. The summed E-state index contributed by atoms with van der Waals surface area (Å²) < 4.78 is 11.9. The highest BCUT2D eigenvalue weighted by molar-refractivity contribution is 5.98. The third-order valence-corrected chi connectivity index (χ3v) is 6.67. The molecule has 0 bridgehead atoms. The maximum Gasteiger partial charge on any atom is 0.176 e. The van der Waals surface area contributed by atoms with Gasteiger partial charge < -0.3 is 9.47 Å². The Balaban J connectivity index is 1.08. The van der Waals surface area contributed by atoms with Gasteiger partial charge >= 0.3 is 0 Å². The van der Waals surface area contributed by atoms with Crippen LogP contribution in [0.3, 0.4) is 0 Å². The SMILES string of the molecule is C(=N/Nc1nnc(N/N=C/c2cccc(OCc3ccccc3)c2)c2ccccc12)/c1cccc(OCc2ccccc2)c1. The Morgan fingerprint density at radius 2 is 0.932 bits per heavy atom. The van der Waals surface area contributed by atoms with Gasteiger partial charge in [0.2, 0.25) is 0 Å². The molecule has 8 nitrogen and oxygen atoms in total. The summed E-state index contributed by atoms with van der Waals surface area (Å²) in [7, 11) is 0. The molecule has 8 heteroatoms. The van der Waals surface area contributed by atoms with Gasteiger partial charge in [-0.05, 0) is 46.5 Å². The summed E-state index contributed by atoms with van der Waals surface area (Å²) in [5.74, 6) is 2.60. The van der Waals surface area contributed by atoms with Crippen LogP contribution in [-0.4, -0.2) is 22.6 Å². The Morgan fingerprint density at radius 1 is 0.500 bits per heavy atom. The lowest BCUT2D eigenvalue weighted by Gasteiger charge is -2.08. The van der Waals surface area contributed by atoms with E-state index in [0.29, 0.717) is 24.8 Å². The van der Waals surface area contributed by atoms with Crippen molar-refractivity contribution >= 4 is 34.8 Å². The number of nitrogens with one attached hydrogen (secondary N) is 2. The molecule has 5 aromatic carbocycles. The van der Waals surface area contributed by atoms with Crippen LogP contribution in [0, 0.1) is 0 Å². The lowest BCUT2D eigenvalue weighted by Crippen LogP contribution is -2.02. The average molecular weight is 579 g/mol. The van der Waals surface area contributed by atoms with Crippen molar-refractivity contribution < 1.29 is 9.47 Å². The highest BCUT2D eigenvalue weighted by Crippen LogP contribution is 2.26. The number of rotatable bonds is 12. The van der Waals surface area contributed by atoms with E-state index >= 15 is 0 Å². The van der Waals surface area contributed by atoms with Crippen LogP contribution < -0.4 is 20.3 Å². The highest BCUT2D eigenvalue weighted by atomic mass is 16.5. The molecule has 0 saturated heterocycles. The lowest BCUT2D eigenvalue weighted by atomic mass is 10.2. The summed E-state index contributed by atoms with van der Waals surface area (Å²) >= 11 is 0. The van der Waals surface area contributed by atoms with E-state index in [-0.39, 0.29) is 0 Å². The maximum absolute atomic E-state index is 5.93. The topological polar surface area (TPSA) is 93.0 Å². The zero-order chi connectivity index (χ0) is 29.8. The van der Waals surface area contributed by atoms with Crippen molar-refractivity contribution in [3.63, 3.8) is 0 Å². The van der Waals surface area contributed by atoms with Crippen molar-refractivity contribution in [3.8, 4) is 11.5 Å². The van der Waals surface area contributed by atoms with Crippen LogP contribution in [-0.2, 0) is 13.2 Å². The summed E-state index contributed by atoms with van der Waals surface area (Å²) in [5.41, 5.74) is 10.1. The van der Waals surface area contributed by atoms with Crippen LogP contribution in [0.5, 0.6) is 11.5 Å². The first-order valence-electron chi connectivity index (χ1n) is 14.2. The Morgan fingerprint density at radius 3 is 1.39 bits per heavy atom. The van der Waals surface area contributed by atoms with E-state index in [1.165, 1.54) is 0 Å². The molecule has 0 saturated carbocycles. The van der Waals surface area contributed by atoms with Crippen LogP contribution in [0.25, 0.3) is 10.8 Å². The van der Waals surface area contributed by atoms with Gasteiger partial charge in [0.15, 0.2) is 11.6 Å². The molecule has 6 aromatic rings. The first-order valence-corrected chi connectivity index (χ1v) is 14.2. The molecule has 0 amide bonds. The predicted molar refractivity (Wildman–Crippen MR) is 176 cm³/mol. The smallest absolute Gasteiger partial charge is 0.176 e. The van der Waals surface area contributed by atoms with E-state index in [1.54, 1.807) is 12.4 Å². The Kier molecular flexibility index (Phi) is 9.10. The van der Waals surface area contributed by atoms with Crippen molar-refractivity contribution in [1.29, 1.82) is 0 Å². The number of hydrogen-bond acceptors (Lipinski definition) is 8. The zero-order valence-electron chi connectivity index (χ0n) is 23.9. The van der Waals surface area contributed by atoms with Crippen LogP contribution >= 0.6 is 0 Å². The molecule has 0 unspecified atom stereocenters. The van der Waals surface area contributed by atoms with Crippen molar-refractivity contribution in [2.75, 3.05) is 10.9 Å². The molecule has 0 aliphatic heterocycles. The number of fused-ring (bicyclic) bond motifs is 1. The van der Waals surface area contributed by atoms with Gasteiger partial charge in [-0.1, -0.05) is 109 Å². The minimum Gasteiger partial charge on any atom is -0.489 e. The minimum absolute atomic E-state index is 0.501. The Hall–Kier alpha value is -6.02. The third kappa shape index (κ3) is 7.63. The fraction of sp³-hybridized carbons (Fsp3) is 0.0556. The fourth-order valence-electron chi connectivity index (χ4n) is 4.46. The van der Waals surface area contributed by atoms with E-state index < -0.39 is 0 Å². The standard InChI is InChI=1S/C36H30N6O2/c1-3-11-27(12-4-1)25-43-31-17-9-15-29(21-31)23-37-39-35-33-19-7-8-20-34(33)36(42-41-35)40-38-24-30-16-10-18-32(22-30)44-26-28-13-5-2-6-14-28/h1-24H,25-26H2,(H,39,41)(H,40,42)/b37-23-,38-24+. The van der Waals surface area contributed by atoms with Gasteiger partial charge in [-0.15, -0.1) is 10.2 Å². The number of anilines is 2. The second kappa shape index (κ2) is 14.2. The Bertz CT molecular complexity index is 1740. The summed E-state index contributed by atoms with van der Waals surface area (Å²) in [6.07, 6.45) is 3.44. The highest BCUT2D eigenvalue weighted by Gasteiger charge is 2.08. The van der Waals surface area contributed by atoms with Gasteiger partial charge in [0.1, 0.15) is 24.7 Å². The molecule has 0 aliphatic rings. The van der Waals surface area contributed by atoms with Crippen molar-refractivity contribution in [1.82, 2.24) is 10.2 Å². The molecule has 6 rings (SSSR count). The number of ether oxygens (including phenoxy) is 2. The average Bonchev–Trinajstić information content (AvgIpc) is 3.08. The first kappa shape index (κ1) is 28.1.